The van der Waals surface area contributed by atoms with Gasteiger partial charge in [0.05, 0.1) is 5.75 Å². The number of hydrogen-bond donors (Lipinski definition) is 0. The summed E-state index contributed by atoms with van der Waals surface area (Å²) in [5.41, 5.74) is 0. The van der Waals surface area contributed by atoms with E-state index in [0.29, 0.717) is 13.1 Å². The number of hydrogen-bond acceptors (Lipinski definition) is 3. The van der Waals surface area contributed by atoms with E-state index in [4.69, 9.17) is 0 Å². The van der Waals surface area contributed by atoms with E-state index in [2.05, 4.69) is 7.05 Å². The summed E-state index contributed by atoms with van der Waals surface area (Å²) in [5, 5.41) is 0. The molecule has 0 aromatic rings. The van der Waals surface area contributed by atoms with Crippen LogP contribution < -0.4 is 17.0 Å². The molecule has 0 aliphatic carbocycles. The second kappa shape index (κ2) is 7.40. The van der Waals surface area contributed by atoms with E-state index in [9.17, 15) is 8.42 Å². The summed E-state index contributed by atoms with van der Waals surface area (Å²) < 4.78 is 24.2. The van der Waals surface area contributed by atoms with E-state index in [1.54, 1.807) is 6.92 Å². The molecule has 1 heterocycles. The molecule has 0 spiro atoms. The summed E-state index contributed by atoms with van der Waals surface area (Å²) in [6, 6.07) is 0. The molecule has 1 rings (SSSR count). The second-order valence-corrected chi connectivity index (χ2v) is 5.18. The number of halogens is 1. The van der Waals surface area contributed by atoms with Crippen molar-refractivity contribution in [1.82, 2.24) is 9.21 Å². The van der Waals surface area contributed by atoms with Crippen LogP contribution in [0, 0.1) is 7.05 Å². The van der Waals surface area contributed by atoms with Crippen molar-refractivity contribution < 1.29 is 25.4 Å². The Morgan fingerprint density at radius 2 is 1.64 bits per heavy atom. The van der Waals surface area contributed by atoms with E-state index in [-0.39, 0.29) is 45.8 Å². The molecule has 0 aromatic heterocycles. The average molecular weight is 295 g/mol. The predicted molar refractivity (Wildman–Crippen MR) is 53.7 cm³/mol. The van der Waals surface area contributed by atoms with Crippen LogP contribution in [0.1, 0.15) is 6.92 Å². The van der Waals surface area contributed by atoms with Gasteiger partial charge in [0, 0.05) is 13.1 Å². The van der Waals surface area contributed by atoms with Crippen molar-refractivity contribution in [2.45, 2.75) is 6.92 Å². The van der Waals surface area contributed by atoms with Crippen LogP contribution in [0.15, 0.2) is 0 Å². The number of piperazine rings is 1. The minimum atomic E-state index is -2.97. The first-order valence-corrected chi connectivity index (χ1v) is 5.70. The molecule has 0 aromatic carbocycles. The van der Waals surface area contributed by atoms with Gasteiger partial charge in [-0.05, 0) is 20.0 Å². The van der Waals surface area contributed by atoms with Crippen LogP contribution in [0.4, 0.5) is 0 Å². The van der Waals surface area contributed by atoms with Gasteiger partial charge < -0.3 is 21.9 Å². The Labute approximate surface area is 113 Å². The number of sulfonamides is 1. The van der Waals surface area contributed by atoms with Crippen LogP contribution in [0.25, 0.3) is 0 Å². The average Bonchev–Trinajstić information content (AvgIpc) is 2.05. The minimum Gasteiger partial charge on any atom is -1.00 e. The molecule has 0 unspecified atom stereocenters. The van der Waals surface area contributed by atoms with E-state index >= 15 is 0 Å². The van der Waals surface area contributed by atoms with Crippen molar-refractivity contribution in [3.05, 3.63) is 7.05 Å². The Morgan fingerprint density at radius 3 is 2.00 bits per heavy atom. The van der Waals surface area contributed by atoms with Gasteiger partial charge in [0.1, 0.15) is 0 Å². The Kier molecular flexibility index (Phi) is 9.25. The maximum Gasteiger partial charge on any atom is 2.00 e. The third kappa shape index (κ3) is 4.76. The van der Waals surface area contributed by atoms with Gasteiger partial charge in [0.15, 0.2) is 0 Å². The third-order valence-electron chi connectivity index (χ3n) is 2.09. The smallest absolute Gasteiger partial charge is 1.00 e. The summed E-state index contributed by atoms with van der Waals surface area (Å²) >= 11 is 0. The maximum absolute atomic E-state index is 11.3. The molecule has 0 atom stereocenters. The Morgan fingerprint density at radius 1 is 1.21 bits per heavy atom. The molecule has 0 amide bonds. The van der Waals surface area contributed by atoms with Crippen LogP contribution in [-0.2, 0) is 10.0 Å². The fourth-order valence-corrected chi connectivity index (χ4v) is 2.28. The molecule has 1 saturated heterocycles. The van der Waals surface area contributed by atoms with Gasteiger partial charge in [-0.1, -0.05) is 0 Å². The predicted octanol–water partition coefficient (Wildman–Crippen LogP) is -3.63. The van der Waals surface area contributed by atoms with Crippen LogP contribution in [-0.4, -0.2) is 72.6 Å². The van der Waals surface area contributed by atoms with Crippen LogP contribution in [0.2, 0.25) is 0 Å². The largest absolute Gasteiger partial charge is 2.00 e. The number of nitrogens with zero attached hydrogens (tertiary/aromatic N) is 2. The summed E-state index contributed by atoms with van der Waals surface area (Å²) in [6.45, 7) is 4.31. The van der Waals surface area contributed by atoms with Gasteiger partial charge in [-0.3, -0.25) is 7.05 Å². The summed E-state index contributed by atoms with van der Waals surface area (Å²) in [4.78, 5) is 1.89. The molecule has 0 saturated carbocycles. The fraction of sp³-hybridized carbons (Fsp3) is 0.857. The van der Waals surface area contributed by atoms with E-state index in [1.165, 1.54) is 4.31 Å². The summed E-state index contributed by atoms with van der Waals surface area (Å²) in [6.07, 6.45) is 0. The number of rotatable bonds is 2. The van der Waals surface area contributed by atoms with E-state index in [1.807, 2.05) is 4.90 Å². The molecule has 80 valence electrons. The standard InChI is InChI=1S/C7H15N2O2S.BrH.Mg/c1-3-12(10,11)9-6-4-8(2)5-7-9;;/h2-7H2,1H3;1H;/q-1;;+2/p-1. The quantitative estimate of drug-likeness (QED) is 0.390. The monoisotopic (exact) mass is 294 g/mol. The first-order valence-electron chi connectivity index (χ1n) is 4.09. The van der Waals surface area contributed by atoms with Crippen molar-refractivity contribution in [2.24, 2.45) is 0 Å². The van der Waals surface area contributed by atoms with Crippen molar-refractivity contribution >= 4 is 33.1 Å². The van der Waals surface area contributed by atoms with Gasteiger partial charge in [-0.2, -0.15) is 4.31 Å². The summed E-state index contributed by atoms with van der Waals surface area (Å²) in [5.74, 6) is 0.199. The van der Waals surface area contributed by atoms with Crippen LogP contribution >= 0.6 is 0 Å². The van der Waals surface area contributed by atoms with Gasteiger partial charge in [-0.15, -0.1) is 0 Å². The Bertz CT molecular complexity index is 240. The Balaban J connectivity index is 0. The minimum absolute atomic E-state index is 0. The van der Waals surface area contributed by atoms with Crippen LogP contribution in [0.5, 0.6) is 0 Å². The normalized spacial score (nSPS) is 19.6. The molecule has 0 bridgehead atoms. The topological polar surface area (TPSA) is 40.6 Å². The van der Waals surface area contributed by atoms with Crippen molar-refractivity contribution in [3.63, 3.8) is 0 Å². The first-order chi connectivity index (χ1) is 5.56. The molecular weight excluding hydrogens is 280 g/mol. The van der Waals surface area contributed by atoms with E-state index in [0.717, 1.165) is 13.1 Å². The van der Waals surface area contributed by atoms with E-state index < -0.39 is 10.0 Å². The molecule has 1 aliphatic heterocycles. The second-order valence-electron chi connectivity index (χ2n) is 2.92. The fourth-order valence-electron chi connectivity index (χ4n) is 1.19. The van der Waals surface area contributed by atoms with Crippen molar-refractivity contribution in [2.75, 3.05) is 31.9 Å². The summed E-state index contributed by atoms with van der Waals surface area (Å²) in [7, 11) is 0.786. The molecule has 14 heavy (non-hydrogen) atoms. The zero-order chi connectivity index (χ0) is 9.19. The SMILES string of the molecule is [Br-].[CH2-]N1CCN(S(=O)(=O)CC)CC1.[Mg+2]. The zero-order valence-corrected chi connectivity index (χ0v) is 12.3. The first kappa shape index (κ1) is 17.5. The van der Waals surface area contributed by atoms with Gasteiger partial charge in [0.25, 0.3) is 0 Å². The Hall–Kier alpha value is 1.12. The van der Waals surface area contributed by atoms with Gasteiger partial charge in [-0.25, -0.2) is 8.42 Å². The van der Waals surface area contributed by atoms with Crippen molar-refractivity contribution in [1.29, 1.82) is 0 Å². The molecule has 0 N–H and O–H groups in total. The zero-order valence-electron chi connectivity index (χ0n) is 8.45. The molecule has 0 radical (unpaired) electrons. The molecule has 1 fully saturated rings. The van der Waals surface area contributed by atoms with Gasteiger partial charge in [0.2, 0.25) is 10.0 Å². The molecule has 4 nitrogen and oxygen atoms in total. The molecule has 7 heteroatoms. The van der Waals surface area contributed by atoms with Gasteiger partial charge >= 0.3 is 23.1 Å². The van der Waals surface area contributed by atoms with Crippen LogP contribution in [0.3, 0.4) is 0 Å². The maximum atomic E-state index is 11.3. The molecule has 1 aliphatic rings. The van der Waals surface area contributed by atoms with Crippen molar-refractivity contribution in [3.8, 4) is 0 Å². The molecular formula is C7H15BrMgN2O2S. The third-order valence-corrected chi connectivity index (χ3v) is 3.97.